The maximum absolute atomic E-state index is 13.2. The Morgan fingerprint density at radius 2 is 1.77 bits per heavy atom. The van der Waals surface area contributed by atoms with Crippen molar-refractivity contribution >= 4 is 28.9 Å². The SMILES string of the molecule is Cc1cc(C)c(/C=C2\C(=O)N(Cc3ccc(C(F)(F)F)cc3)c3ccc(N)cc32)[nH]1. The molecule has 154 valence electrons. The van der Waals surface area contributed by atoms with Gasteiger partial charge in [0, 0.05) is 22.6 Å². The average Bonchev–Trinajstić information content (AvgIpc) is 3.12. The van der Waals surface area contributed by atoms with Crippen LogP contribution in [0.15, 0.2) is 48.5 Å². The highest BCUT2D eigenvalue weighted by Crippen LogP contribution is 2.40. The zero-order valence-electron chi connectivity index (χ0n) is 16.5. The van der Waals surface area contributed by atoms with Crippen LogP contribution in [0, 0.1) is 13.8 Å². The molecular formula is C23H20F3N3O. The summed E-state index contributed by atoms with van der Waals surface area (Å²) in [5, 5.41) is 0. The van der Waals surface area contributed by atoms with Crippen LogP contribution in [-0.2, 0) is 17.5 Å². The number of aromatic amines is 1. The second-order valence-corrected chi connectivity index (χ2v) is 7.47. The minimum absolute atomic E-state index is 0.161. The number of halogens is 3. The predicted octanol–water partition coefficient (Wildman–Crippen LogP) is 5.32. The number of nitrogens with zero attached hydrogens (tertiary/aromatic N) is 1. The summed E-state index contributed by atoms with van der Waals surface area (Å²) in [7, 11) is 0. The average molecular weight is 411 g/mol. The predicted molar refractivity (Wildman–Crippen MR) is 112 cm³/mol. The maximum atomic E-state index is 13.2. The Bertz CT molecular complexity index is 1160. The molecular weight excluding hydrogens is 391 g/mol. The third kappa shape index (κ3) is 3.58. The first-order valence-electron chi connectivity index (χ1n) is 9.39. The number of hydrogen-bond acceptors (Lipinski definition) is 2. The van der Waals surface area contributed by atoms with E-state index in [1.807, 2.05) is 19.9 Å². The van der Waals surface area contributed by atoms with Gasteiger partial charge in [0.25, 0.3) is 5.91 Å². The van der Waals surface area contributed by atoms with Gasteiger partial charge in [0.15, 0.2) is 0 Å². The van der Waals surface area contributed by atoms with E-state index >= 15 is 0 Å². The van der Waals surface area contributed by atoms with Crippen molar-refractivity contribution in [3.8, 4) is 0 Å². The number of rotatable bonds is 3. The molecule has 7 heteroatoms. The van der Waals surface area contributed by atoms with Crippen molar-refractivity contribution in [2.24, 2.45) is 0 Å². The van der Waals surface area contributed by atoms with E-state index in [9.17, 15) is 18.0 Å². The van der Waals surface area contributed by atoms with Gasteiger partial charge in [-0.1, -0.05) is 12.1 Å². The number of fused-ring (bicyclic) bond motifs is 1. The molecule has 4 rings (SSSR count). The molecule has 0 bridgehead atoms. The van der Waals surface area contributed by atoms with E-state index in [0.29, 0.717) is 28.1 Å². The third-order valence-corrected chi connectivity index (χ3v) is 5.18. The Hall–Kier alpha value is -3.48. The van der Waals surface area contributed by atoms with Crippen molar-refractivity contribution in [3.63, 3.8) is 0 Å². The van der Waals surface area contributed by atoms with Gasteiger partial charge in [0.1, 0.15) is 0 Å². The number of nitrogens with one attached hydrogen (secondary N) is 1. The fraction of sp³-hybridized carbons (Fsp3) is 0.174. The van der Waals surface area contributed by atoms with E-state index in [0.717, 1.165) is 29.1 Å². The number of carbonyl (C=O) groups is 1. The molecule has 4 nitrogen and oxygen atoms in total. The highest BCUT2D eigenvalue weighted by atomic mass is 19.4. The molecule has 0 atom stereocenters. The second-order valence-electron chi connectivity index (χ2n) is 7.47. The van der Waals surface area contributed by atoms with Crippen LogP contribution in [0.4, 0.5) is 24.5 Å². The number of aryl methyl sites for hydroxylation is 2. The molecule has 0 saturated heterocycles. The zero-order valence-corrected chi connectivity index (χ0v) is 16.5. The van der Waals surface area contributed by atoms with Crippen LogP contribution in [0.25, 0.3) is 11.6 Å². The highest BCUT2D eigenvalue weighted by Gasteiger charge is 2.33. The van der Waals surface area contributed by atoms with Crippen LogP contribution in [-0.4, -0.2) is 10.9 Å². The lowest BCUT2D eigenvalue weighted by molar-refractivity contribution is -0.137. The summed E-state index contributed by atoms with van der Waals surface area (Å²) in [5.74, 6) is -0.220. The molecule has 0 saturated carbocycles. The number of hydrogen-bond donors (Lipinski definition) is 2. The number of nitrogens with two attached hydrogens (primary N) is 1. The quantitative estimate of drug-likeness (QED) is 0.453. The van der Waals surface area contributed by atoms with Gasteiger partial charge >= 0.3 is 6.18 Å². The van der Waals surface area contributed by atoms with E-state index < -0.39 is 11.7 Å². The normalized spacial score (nSPS) is 15.2. The number of anilines is 2. The molecule has 3 N–H and O–H groups in total. The minimum atomic E-state index is -4.39. The summed E-state index contributed by atoms with van der Waals surface area (Å²) in [6, 6.07) is 12.1. The Balaban J connectivity index is 1.72. The van der Waals surface area contributed by atoms with Gasteiger partial charge < -0.3 is 15.6 Å². The number of H-pyrrole nitrogens is 1. The summed E-state index contributed by atoms with van der Waals surface area (Å²) in [5.41, 5.74) is 11.1. The van der Waals surface area contributed by atoms with E-state index in [1.165, 1.54) is 12.1 Å². The Labute approximate surface area is 171 Å². The second kappa shape index (κ2) is 7.09. The van der Waals surface area contributed by atoms with Crippen LogP contribution >= 0.6 is 0 Å². The molecule has 0 unspecified atom stereocenters. The smallest absolute Gasteiger partial charge is 0.399 e. The van der Waals surface area contributed by atoms with E-state index in [-0.39, 0.29) is 12.5 Å². The van der Waals surface area contributed by atoms with Crippen LogP contribution in [0.2, 0.25) is 0 Å². The number of nitrogen functional groups attached to an aromatic ring is 1. The van der Waals surface area contributed by atoms with Gasteiger partial charge in [-0.25, -0.2) is 0 Å². The lowest BCUT2D eigenvalue weighted by atomic mass is 10.0. The Morgan fingerprint density at radius 1 is 1.07 bits per heavy atom. The fourth-order valence-electron chi connectivity index (χ4n) is 3.70. The topological polar surface area (TPSA) is 62.1 Å². The summed E-state index contributed by atoms with van der Waals surface area (Å²) in [6.07, 6.45) is -2.59. The van der Waals surface area contributed by atoms with Gasteiger partial charge in [0.05, 0.1) is 23.4 Å². The molecule has 1 aromatic heterocycles. The molecule has 2 aromatic carbocycles. The van der Waals surface area contributed by atoms with Crippen LogP contribution in [0.1, 0.15) is 33.6 Å². The number of alkyl halides is 3. The van der Waals surface area contributed by atoms with Gasteiger partial charge in [-0.2, -0.15) is 13.2 Å². The molecule has 30 heavy (non-hydrogen) atoms. The lowest BCUT2D eigenvalue weighted by Gasteiger charge is -2.18. The number of carbonyl (C=O) groups excluding carboxylic acids is 1. The molecule has 1 aliphatic rings. The van der Waals surface area contributed by atoms with Gasteiger partial charge in [-0.15, -0.1) is 0 Å². The third-order valence-electron chi connectivity index (χ3n) is 5.18. The van der Waals surface area contributed by atoms with Crippen molar-refractivity contribution in [2.45, 2.75) is 26.6 Å². The summed E-state index contributed by atoms with van der Waals surface area (Å²) in [4.78, 5) is 18.1. The minimum Gasteiger partial charge on any atom is -0.399 e. The molecule has 2 heterocycles. The molecule has 0 fully saturated rings. The van der Waals surface area contributed by atoms with Crippen molar-refractivity contribution in [1.82, 2.24) is 4.98 Å². The molecule has 0 aliphatic carbocycles. The molecule has 0 radical (unpaired) electrons. The highest BCUT2D eigenvalue weighted by molar-refractivity contribution is 6.35. The fourth-order valence-corrected chi connectivity index (χ4v) is 3.70. The maximum Gasteiger partial charge on any atom is 0.416 e. The van der Waals surface area contributed by atoms with Crippen molar-refractivity contribution in [3.05, 3.63) is 82.2 Å². The van der Waals surface area contributed by atoms with Crippen molar-refractivity contribution in [2.75, 3.05) is 10.6 Å². The van der Waals surface area contributed by atoms with E-state index in [4.69, 9.17) is 5.73 Å². The number of amides is 1. The molecule has 0 spiro atoms. The van der Waals surface area contributed by atoms with Gasteiger partial charge in [-0.05, 0) is 67.4 Å². The summed E-state index contributed by atoms with van der Waals surface area (Å²) in [6.45, 7) is 4.05. The summed E-state index contributed by atoms with van der Waals surface area (Å²) < 4.78 is 38.5. The molecule has 1 amide bonds. The van der Waals surface area contributed by atoms with Crippen LogP contribution < -0.4 is 10.6 Å². The lowest BCUT2D eigenvalue weighted by Crippen LogP contribution is -2.25. The van der Waals surface area contributed by atoms with Crippen molar-refractivity contribution in [1.29, 1.82) is 0 Å². The standard InChI is InChI=1S/C23H20F3N3O/c1-13-9-14(2)28-20(13)11-19-18-10-17(27)7-8-21(18)29(22(19)30)12-15-3-5-16(6-4-15)23(24,25)26/h3-11,28H,12,27H2,1-2H3/b19-11-. The van der Waals surface area contributed by atoms with Gasteiger partial charge in [-0.3, -0.25) is 4.79 Å². The van der Waals surface area contributed by atoms with Crippen LogP contribution in [0.5, 0.6) is 0 Å². The zero-order chi connectivity index (χ0) is 21.6. The Morgan fingerprint density at radius 3 is 2.37 bits per heavy atom. The first kappa shape index (κ1) is 19.8. The van der Waals surface area contributed by atoms with Gasteiger partial charge in [0.2, 0.25) is 0 Å². The van der Waals surface area contributed by atoms with E-state index in [1.54, 1.807) is 29.2 Å². The Kier molecular flexibility index (Phi) is 4.68. The van der Waals surface area contributed by atoms with Crippen LogP contribution in [0.3, 0.4) is 0 Å². The number of benzene rings is 2. The molecule has 1 aliphatic heterocycles. The van der Waals surface area contributed by atoms with E-state index in [2.05, 4.69) is 4.98 Å². The number of aromatic nitrogens is 1. The first-order valence-corrected chi connectivity index (χ1v) is 9.39. The van der Waals surface area contributed by atoms with Crippen molar-refractivity contribution < 1.29 is 18.0 Å². The monoisotopic (exact) mass is 411 g/mol. The largest absolute Gasteiger partial charge is 0.416 e. The summed E-state index contributed by atoms with van der Waals surface area (Å²) >= 11 is 0. The molecule has 3 aromatic rings. The first-order chi connectivity index (χ1) is 14.1.